The lowest BCUT2D eigenvalue weighted by atomic mass is 9.85. The number of para-hydroxylation sites is 1. The molecule has 1 aliphatic rings. The van der Waals surface area contributed by atoms with Gasteiger partial charge < -0.3 is 9.47 Å². The molecule has 1 atom stereocenters. The van der Waals surface area contributed by atoms with E-state index in [2.05, 4.69) is 40.3 Å². The lowest BCUT2D eigenvalue weighted by Gasteiger charge is -2.43. The maximum absolute atomic E-state index is 13.8. The van der Waals surface area contributed by atoms with Crippen LogP contribution in [0, 0.1) is 11.8 Å². The lowest BCUT2D eigenvalue weighted by molar-refractivity contribution is -0.143. The first kappa shape index (κ1) is 24.3. The number of nitrogens with zero attached hydrogens (tertiary/aromatic N) is 2. The fourth-order valence-electron chi connectivity index (χ4n) is 5.08. The summed E-state index contributed by atoms with van der Waals surface area (Å²) in [7, 11) is 0. The quantitative estimate of drug-likeness (QED) is 0.432. The Morgan fingerprint density at radius 1 is 1.25 bits per heavy atom. The SMILES string of the molecule is C=CCC(C)(CC)N(Cc1cc2ccccc2n(CC(C)C)c1=O)C(=O)C1CCCCC1. The Hall–Kier alpha value is -2.36. The third-order valence-corrected chi connectivity index (χ3v) is 7.17. The Morgan fingerprint density at radius 3 is 2.56 bits per heavy atom. The van der Waals surface area contributed by atoms with Crippen LogP contribution in [0.2, 0.25) is 0 Å². The van der Waals surface area contributed by atoms with Crippen LogP contribution in [-0.4, -0.2) is 20.9 Å². The molecular weight excluding hydrogens is 396 g/mol. The van der Waals surface area contributed by atoms with Crippen LogP contribution in [0.4, 0.5) is 0 Å². The van der Waals surface area contributed by atoms with E-state index >= 15 is 0 Å². The highest BCUT2D eigenvalue weighted by molar-refractivity contribution is 5.81. The van der Waals surface area contributed by atoms with Gasteiger partial charge in [0.15, 0.2) is 0 Å². The molecule has 4 nitrogen and oxygen atoms in total. The number of hydrogen-bond acceptors (Lipinski definition) is 2. The maximum atomic E-state index is 13.8. The maximum Gasteiger partial charge on any atom is 0.256 e. The second-order valence-electron chi connectivity index (χ2n) is 10.1. The zero-order valence-electron chi connectivity index (χ0n) is 20.4. The van der Waals surface area contributed by atoms with Crippen molar-refractivity contribution in [3.8, 4) is 0 Å². The molecule has 1 aromatic heterocycles. The smallest absolute Gasteiger partial charge is 0.256 e. The van der Waals surface area contributed by atoms with Gasteiger partial charge in [-0.15, -0.1) is 6.58 Å². The molecule has 174 valence electrons. The molecule has 32 heavy (non-hydrogen) atoms. The van der Waals surface area contributed by atoms with E-state index in [9.17, 15) is 9.59 Å². The third-order valence-electron chi connectivity index (χ3n) is 7.17. The van der Waals surface area contributed by atoms with Gasteiger partial charge in [-0.2, -0.15) is 0 Å². The van der Waals surface area contributed by atoms with Crippen molar-refractivity contribution in [2.45, 2.75) is 91.3 Å². The van der Waals surface area contributed by atoms with Crippen LogP contribution >= 0.6 is 0 Å². The van der Waals surface area contributed by atoms with Crippen molar-refractivity contribution >= 4 is 16.8 Å². The number of rotatable bonds is 9. The Kier molecular flexibility index (Phi) is 7.97. The van der Waals surface area contributed by atoms with Gasteiger partial charge in [0.2, 0.25) is 5.91 Å². The summed E-state index contributed by atoms with van der Waals surface area (Å²) in [6, 6.07) is 10.1. The van der Waals surface area contributed by atoms with E-state index in [1.807, 2.05) is 39.8 Å². The zero-order chi connectivity index (χ0) is 23.3. The Bertz CT molecular complexity index is 1000. The molecule has 0 saturated heterocycles. The second-order valence-corrected chi connectivity index (χ2v) is 10.1. The van der Waals surface area contributed by atoms with Gasteiger partial charge in [0, 0.05) is 23.6 Å². The topological polar surface area (TPSA) is 42.3 Å². The Morgan fingerprint density at radius 2 is 1.94 bits per heavy atom. The van der Waals surface area contributed by atoms with E-state index in [4.69, 9.17) is 0 Å². The van der Waals surface area contributed by atoms with E-state index in [0.717, 1.165) is 49.4 Å². The zero-order valence-corrected chi connectivity index (χ0v) is 20.4. The molecule has 4 heteroatoms. The standard InChI is InChI=1S/C28H40N2O2/c1-6-17-28(5,7-2)30(27(32)22-13-9-8-10-14-22)20-24-18-23-15-11-12-16-25(23)29(26(24)31)19-21(3)4/h6,11-12,15-16,18,21-22H,1,7-10,13-14,17,19-20H2,2-5H3. The molecule has 2 aromatic rings. The van der Waals surface area contributed by atoms with E-state index in [0.29, 0.717) is 24.6 Å². The van der Waals surface area contributed by atoms with Crippen LogP contribution in [-0.2, 0) is 17.9 Å². The number of benzene rings is 1. The summed E-state index contributed by atoms with van der Waals surface area (Å²) < 4.78 is 1.90. The van der Waals surface area contributed by atoms with Crippen LogP contribution < -0.4 is 5.56 Å². The predicted molar refractivity (Wildman–Crippen MR) is 134 cm³/mol. The summed E-state index contributed by atoms with van der Waals surface area (Å²) >= 11 is 0. The van der Waals surface area contributed by atoms with E-state index < -0.39 is 0 Å². The van der Waals surface area contributed by atoms with Crippen LogP contribution in [0.5, 0.6) is 0 Å². The van der Waals surface area contributed by atoms with Crippen molar-refractivity contribution in [3.05, 3.63) is 58.9 Å². The number of carbonyl (C=O) groups excluding carboxylic acids is 1. The largest absolute Gasteiger partial charge is 0.332 e. The van der Waals surface area contributed by atoms with Gasteiger partial charge in [-0.05, 0) is 56.0 Å². The normalized spacial score (nSPS) is 16.8. The van der Waals surface area contributed by atoms with Crippen LogP contribution in [0.1, 0.15) is 78.2 Å². The van der Waals surface area contributed by atoms with Crippen molar-refractivity contribution in [2.24, 2.45) is 11.8 Å². The molecule has 1 heterocycles. The number of pyridine rings is 1. The van der Waals surface area contributed by atoms with Crippen molar-refractivity contribution in [3.63, 3.8) is 0 Å². The molecule has 1 amide bonds. The fourth-order valence-corrected chi connectivity index (χ4v) is 5.08. The third kappa shape index (κ3) is 5.16. The first-order valence-electron chi connectivity index (χ1n) is 12.3. The van der Waals surface area contributed by atoms with Gasteiger partial charge in [-0.25, -0.2) is 0 Å². The molecule has 0 spiro atoms. The highest BCUT2D eigenvalue weighted by atomic mass is 16.2. The highest BCUT2D eigenvalue weighted by Crippen LogP contribution is 2.32. The predicted octanol–water partition coefficient (Wildman–Crippen LogP) is 6.31. The van der Waals surface area contributed by atoms with E-state index in [-0.39, 0.29) is 22.9 Å². The molecule has 0 N–H and O–H groups in total. The van der Waals surface area contributed by atoms with Gasteiger partial charge >= 0.3 is 0 Å². The van der Waals surface area contributed by atoms with Gasteiger partial charge in [0.05, 0.1) is 12.1 Å². The minimum atomic E-state index is -0.350. The second kappa shape index (κ2) is 10.5. The number of amides is 1. The van der Waals surface area contributed by atoms with Crippen molar-refractivity contribution in [2.75, 3.05) is 0 Å². The summed E-state index contributed by atoms with van der Waals surface area (Å²) in [5.41, 5.74) is 1.34. The van der Waals surface area contributed by atoms with Crippen LogP contribution in [0.3, 0.4) is 0 Å². The number of hydrogen-bond donors (Lipinski definition) is 0. The molecule has 3 rings (SSSR count). The molecule has 0 aliphatic heterocycles. The highest BCUT2D eigenvalue weighted by Gasteiger charge is 2.37. The van der Waals surface area contributed by atoms with Crippen molar-refractivity contribution in [1.29, 1.82) is 0 Å². The average molecular weight is 437 g/mol. The van der Waals surface area contributed by atoms with Gasteiger partial charge in [-0.1, -0.05) is 64.3 Å². The van der Waals surface area contributed by atoms with Gasteiger partial charge in [0.25, 0.3) is 5.56 Å². The molecule has 0 radical (unpaired) electrons. The molecule has 0 bridgehead atoms. The van der Waals surface area contributed by atoms with E-state index in [1.165, 1.54) is 6.42 Å². The van der Waals surface area contributed by atoms with Gasteiger partial charge in [-0.3, -0.25) is 9.59 Å². The fraction of sp³-hybridized carbons (Fsp3) is 0.571. The lowest BCUT2D eigenvalue weighted by Crippen LogP contribution is -2.52. The molecule has 1 unspecified atom stereocenters. The average Bonchev–Trinajstić information content (AvgIpc) is 2.79. The first-order valence-corrected chi connectivity index (χ1v) is 12.3. The molecule has 1 saturated carbocycles. The van der Waals surface area contributed by atoms with Crippen LogP contribution in [0.25, 0.3) is 10.9 Å². The molecular formula is C28H40N2O2. The van der Waals surface area contributed by atoms with Crippen molar-refractivity contribution < 1.29 is 4.79 Å². The monoisotopic (exact) mass is 436 g/mol. The minimum absolute atomic E-state index is 0.0240. The Labute approximate surface area is 193 Å². The van der Waals surface area contributed by atoms with Crippen LogP contribution in [0.15, 0.2) is 47.8 Å². The van der Waals surface area contributed by atoms with E-state index in [1.54, 1.807) is 0 Å². The summed E-state index contributed by atoms with van der Waals surface area (Å²) in [4.78, 5) is 29.4. The number of aromatic nitrogens is 1. The molecule has 1 aliphatic carbocycles. The minimum Gasteiger partial charge on any atom is -0.332 e. The summed E-state index contributed by atoms with van der Waals surface area (Å²) in [6.07, 6.45) is 8.81. The first-order chi connectivity index (χ1) is 15.3. The number of fused-ring (bicyclic) bond motifs is 1. The van der Waals surface area contributed by atoms with Gasteiger partial charge in [0.1, 0.15) is 0 Å². The molecule has 1 aromatic carbocycles. The number of carbonyl (C=O) groups is 1. The molecule has 1 fully saturated rings. The summed E-state index contributed by atoms with van der Waals surface area (Å²) in [6.45, 7) is 13.5. The summed E-state index contributed by atoms with van der Waals surface area (Å²) in [5, 5.41) is 1.05. The van der Waals surface area contributed by atoms with Crippen molar-refractivity contribution in [1.82, 2.24) is 9.47 Å². The summed E-state index contributed by atoms with van der Waals surface area (Å²) in [5.74, 6) is 0.629. The Balaban J connectivity index is 2.08.